The number of ether oxygens (including phenoxy) is 1. The van der Waals surface area contributed by atoms with Gasteiger partial charge in [-0.2, -0.15) is 0 Å². The number of hydrogen-bond acceptors (Lipinski definition) is 3. The number of carbonyl (C=O) groups is 1. The van der Waals surface area contributed by atoms with Crippen molar-refractivity contribution in [2.24, 2.45) is 11.7 Å². The topological polar surface area (TPSA) is 64.4 Å². The summed E-state index contributed by atoms with van der Waals surface area (Å²) in [5, 5.41) is 3.32. The number of nitrogens with two attached hydrogens (primary N) is 1. The molecule has 1 fully saturated rings. The minimum absolute atomic E-state index is 0.425. The van der Waals surface area contributed by atoms with Crippen molar-refractivity contribution in [3.05, 3.63) is 28.2 Å². The smallest absolute Gasteiger partial charge is 0.252 e. The predicted octanol–water partition coefficient (Wildman–Crippen LogP) is 1.93. The molecule has 0 aliphatic carbocycles. The molecule has 0 spiro atoms. The summed E-state index contributed by atoms with van der Waals surface area (Å²) < 4.78 is 6.49. The second-order valence-corrected chi connectivity index (χ2v) is 5.42. The fraction of sp³-hybridized carbons (Fsp3) is 0.462. The summed E-state index contributed by atoms with van der Waals surface area (Å²) in [6, 6.07) is 5.31. The Bertz CT molecular complexity index is 431. The third-order valence-electron chi connectivity index (χ3n) is 3.15. The Balaban J connectivity index is 1.93. The van der Waals surface area contributed by atoms with Crippen molar-refractivity contribution < 1.29 is 9.53 Å². The zero-order chi connectivity index (χ0) is 13.0. The van der Waals surface area contributed by atoms with E-state index < -0.39 is 5.91 Å². The van der Waals surface area contributed by atoms with Gasteiger partial charge >= 0.3 is 0 Å². The molecule has 1 amide bonds. The normalized spacial score (nSPS) is 18.8. The molecule has 1 aliphatic heterocycles. The highest BCUT2D eigenvalue weighted by atomic mass is 79.9. The van der Waals surface area contributed by atoms with Crippen LogP contribution in [0.4, 0.5) is 0 Å². The van der Waals surface area contributed by atoms with Gasteiger partial charge in [-0.1, -0.05) is 15.9 Å². The third kappa shape index (κ3) is 3.46. The van der Waals surface area contributed by atoms with Crippen LogP contribution >= 0.6 is 15.9 Å². The number of benzene rings is 1. The van der Waals surface area contributed by atoms with Crippen molar-refractivity contribution >= 4 is 21.8 Å². The predicted molar refractivity (Wildman–Crippen MR) is 73.7 cm³/mol. The van der Waals surface area contributed by atoms with Crippen LogP contribution in [0.5, 0.6) is 5.75 Å². The number of primary amides is 1. The Morgan fingerprint density at radius 1 is 1.56 bits per heavy atom. The molecule has 4 nitrogen and oxygen atoms in total. The first-order valence-corrected chi connectivity index (χ1v) is 6.89. The zero-order valence-corrected chi connectivity index (χ0v) is 11.7. The van der Waals surface area contributed by atoms with E-state index in [9.17, 15) is 4.79 Å². The number of nitrogens with one attached hydrogen (secondary N) is 1. The van der Waals surface area contributed by atoms with Crippen molar-refractivity contribution in [3.63, 3.8) is 0 Å². The van der Waals surface area contributed by atoms with Crippen LogP contribution in [0, 0.1) is 5.92 Å². The second kappa shape index (κ2) is 6.20. The first-order valence-electron chi connectivity index (χ1n) is 6.09. The van der Waals surface area contributed by atoms with Crippen LogP contribution in [0.25, 0.3) is 0 Å². The van der Waals surface area contributed by atoms with Crippen LogP contribution < -0.4 is 15.8 Å². The van der Waals surface area contributed by atoms with Gasteiger partial charge in [0.25, 0.3) is 5.91 Å². The van der Waals surface area contributed by atoms with Gasteiger partial charge in [0.15, 0.2) is 0 Å². The molecule has 1 aliphatic rings. The first-order chi connectivity index (χ1) is 8.66. The SMILES string of the molecule is NC(=O)c1cc(Br)ccc1OCCC1CCNC1. The van der Waals surface area contributed by atoms with Gasteiger partial charge < -0.3 is 15.8 Å². The molecule has 0 saturated carbocycles. The van der Waals surface area contributed by atoms with E-state index >= 15 is 0 Å². The van der Waals surface area contributed by atoms with E-state index in [1.807, 2.05) is 6.07 Å². The molecule has 1 saturated heterocycles. The highest BCUT2D eigenvalue weighted by molar-refractivity contribution is 9.10. The molecule has 0 radical (unpaired) electrons. The maximum atomic E-state index is 11.3. The molecule has 1 atom stereocenters. The summed E-state index contributed by atoms with van der Waals surface area (Å²) in [5.41, 5.74) is 5.75. The van der Waals surface area contributed by atoms with Crippen LogP contribution in [0.15, 0.2) is 22.7 Å². The van der Waals surface area contributed by atoms with Crippen molar-refractivity contribution in [2.45, 2.75) is 12.8 Å². The van der Waals surface area contributed by atoms with Gasteiger partial charge in [0.05, 0.1) is 12.2 Å². The molecule has 3 N–H and O–H groups in total. The lowest BCUT2D eigenvalue weighted by atomic mass is 10.1. The van der Waals surface area contributed by atoms with E-state index in [0.717, 1.165) is 24.0 Å². The van der Waals surface area contributed by atoms with E-state index in [1.165, 1.54) is 6.42 Å². The molecule has 1 aromatic carbocycles. The van der Waals surface area contributed by atoms with Crippen molar-refractivity contribution in [1.29, 1.82) is 0 Å². The third-order valence-corrected chi connectivity index (χ3v) is 3.65. The Kier molecular flexibility index (Phi) is 4.60. The van der Waals surface area contributed by atoms with Gasteiger partial charge in [-0.15, -0.1) is 0 Å². The molecule has 1 aromatic rings. The number of halogens is 1. The van der Waals surface area contributed by atoms with Gasteiger partial charge in [0.1, 0.15) is 5.75 Å². The Morgan fingerprint density at radius 3 is 3.06 bits per heavy atom. The molecule has 0 bridgehead atoms. The maximum absolute atomic E-state index is 11.3. The molecule has 98 valence electrons. The van der Waals surface area contributed by atoms with E-state index in [4.69, 9.17) is 10.5 Å². The zero-order valence-electron chi connectivity index (χ0n) is 10.1. The number of amides is 1. The maximum Gasteiger partial charge on any atom is 0.252 e. The fourth-order valence-electron chi connectivity index (χ4n) is 2.12. The highest BCUT2D eigenvalue weighted by Crippen LogP contribution is 2.23. The summed E-state index contributed by atoms with van der Waals surface area (Å²) in [4.78, 5) is 11.3. The number of hydrogen-bond donors (Lipinski definition) is 2. The Morgan fingerprint density at radius 2 is 2.39 bits per heavy atom. The Hall–Kier alpha value is -1.07. The lowest BCUT2D eigenvalue weighted by molar-refractivity contribution is 0.0996. The van der Waals surface area contributed by atoms with E-state index in [0.29, 0.717) is 23.8 Å². The average molecular weight is 313 g/mol. The van der Waals surface area contributed by atoms with Crippen molar-refractivity contribution in [2.75, 3.05) is 19.7 Å². The van der Waals surface area contributed by atoms with Crippen molar-refractivity contribution in [3.8, 4) is 5.75 Å². The summed E-state index contributed by atoms with van der Waals surface area (Å²) in [6.45, 7) is 2.77. The summed E-state index contributed by atoms with van der Waals surface area (Å²) in [5.74, 6) is 0.781. The number of carbonyl (C=O) groups excluding carboxylic acids is 1. The van der Waals surface area contributed by atoms with Gasteiger partial charge in [0, 0.05) is 4.47 Å². The quantitative estimate of drug-likeness (QED) is 0.873. The van der Waals surface area contributed by atoms with Crippen LogP contribution in [0.1, 0.15) is 23.2 Å². The lowest BCUT2D eigenvalue weighted by Crippen LogP contribution is -2.15. The van der Waals surface area contributed by atoms with Crippen LogP contribution in [0.3, 0.4) is 0 Å². The minimum Gasteiger partial charge on any atom is -0.493 e. The molecule has 2 rings (SSSR count). The van der Waals surface area contributed by atoms with Crippen molar-refractivity contribution in [1.82, 2.24) is 5.32 Å². The minimum atomic E-state index is -0.464. The van der Waals surface area contributed by atoms with Gasteiger partial charge in [-0.05, 0) is 50.0 Å². The molecule has 1 heterocycles. The van der Waals surface area contributed by atoms with E-state index in [1.54, 1.807) is 12.1 Å². The van der Waals surface area contributed by atoms with Crippen LogP contribution in [0.2, 0.25) is 0 Å². The molecular weight excluding hydrogens is 296 g/mol. The van der Waals surface area contributed by atoms with Crippen LogP contribution in [-0.2, 0) is 0 Å². The largest absolute Gasteiger partial charge is 0.493 e. The van der Waals surface area contributed by atoms with Gasteiger partial charge in [-0.25, -0.2) is 0 Å². The Labute approximate surface area is 115 Å². The molecule has 0 aromatic heterocycles. The summed E-state index contributed by atoms with van der Waals surface area (Å²) >= 11 is 3.32. The standard InChI is InChI=1S/C13H17BrN2O2/c14-10-1-2-12(11(7-10)13(15)17)18-6-4-9-3-5-16-8-9/h1-2,7,9,16H,3-6,8H2,(H2,15,17). The van der Waals surface area contributed by atoms with Crippen LogP contribution in [-0.4, -0.2) is 25.6 Å². The van der Waals surface area contributed by atoms with E-state index in [-0.39, 0.29) is 0 Å². The molecule has 1 unspecified atom stereocenters. The van der Waals surface area contributed by atoms with Gasteiger partial charge in [0.2, 0.25) is 0 Å². The summed E-state index contributed by atoms with van der Waals surface area (Å²) in [7, 11) is 0. The van der Waals surface area contributed by atoms with E-state index in [2.05, 4.69) is 21.2 Å². The molecule has 5 heteroatoms. The fourth-order valence-corrected chi connectivity index (χ4v) is 2.48. The number of rotatable bonds is 5. The molecule has 18 heavy (non-hydrogen) atoms. The monoisotopic (exact) mass is 312 g/mol. The lowest BCUT2D eigenvalue weighted by Gasteiger charge is -2.12. The second-order valence-electron chi connectivity index (χ2n) is 4.50. The first kappa shape index (κ1) is 13.4. The summed E-state index contributed by atoms with van der Waals surface area (Å²) in [6.07, 6.45) is 2.20. The van der Waals surface area contributed by atoms with Gasteiger partial charge in [-0.3, -0.25) is 4.79 Å². The highest BCUT2D eigenvalue weighted by Gasteiger charge is 2.15. The average Bonchev–Trinajstić information content (AvgIpc) is 2.84. The molecular formula is C13H17BrN2O2.